The Kier molecular flexibility index (Phi) is 5.69. The normalized spacial score (nSPS) is 22.2. The largest absolute Gasteiger partial charge is 0.383 e. The standard InChI is InChI=1S/C20H24Cl2N6O/c1-12-18(23)24-11-25-19(12)27-5-2-3-16(10-27)28-6-4-17(20(28)29)26-15-8-13(21)7-14(22)9-15/h7-9,11,16-17,26H,2-6,10H2,1H3,(H2,23,24,25)/t16-,17-/m1/s1. The molecule has 0 saturated carbocycles. The van der Waals surface area contributed by atoms with E-state index in [4.69, 9.17) is 28.9 Å². The highest BCUT2D eigenvalue weighted by atomic mass is 35.5. The van der Waals surface area contributed by atoms with Crippen LogP contribution in [0.2, 0.25) is 10.0 Å². The maximum Gasteiger partial charge on any atom is 0.245 e. The topological polar surface area (TPSA) is 87.4 Å². The van der Waals surface area contributed by atoms with Gasteiger partial charge in [-0.25, -0.2) is 9.97 Å². The van der Waals surface area contributed by atoms with Gasteiger partial charge in [0.05, 0.1) is 0 Å². The molecule has 29 heavy (non-hydrogen) atoms. The number of anilines is 3. The monoisotopic (exact) mass is 434 g/mol. The Labute approximate surface area is 180 Å². The summed E-state index contributed by atoms with van der Waals surface area (Å²) in [5, 5.41) is 4.38. The van der Waals surface area contributed by atoms with Gasteiger partial charge in [0.2, 0.25) is 5.91 Å². The molecule has 3 heterocycles. The number of likely N-dealkylation sites (tertiary alicyclic amines) is 1. The molecule has 1 aromatic carbocycles. The number of amides is 1. The minimum atomic E-state index is -0.267. The number of hydrogen-bond donors (Lipinski definition) is 2. The second-order valence-corrected chi connectivity index (χ2v) is 8.50. The zero-order chi connectivity index (χ0) is 20.5. The van der Waals surface area contributed by atoms with Gasteiger partial charge in [-0.15, -0.1) is 0 Å². The molecule has 2 aliphatic heterocycles. The zero-order valence-electron chi connectivity index (χ0n) is 16.2. The third kappa shape index (κ3) is 4.21. The fourth-order valence-electron chi connectivity index (χ4n) is 4.21. The lowest BCUT2D eigenvalue weighted by Gasteiger charge is -2.38. The lowest BCUT2D eigenvalue weighted by atomic mass is 10.0. The van der Waals surface area contributed by atoms with Gasteiger partial charge in [-0.3, -0.25) is 4.79 Å². The lowest BCUT2D eigenvalue weighted by Crippen LogP contribution is -2.50. The van der Waals surface area contributed by atoms with Crippen LogP contribution in [0, 0.1) is 6.92 Å². The summed E-state index contributed by atoms with van der Waals surface area (Å²) in [6, 6.07) is 5.13. The molecular formula is C20H24Cl2N6O. The van der Waals surface area contributed by atoms with Crippen molar-refractivity contribution in [1.82, 2.24) is 14.9 Å². The van der Waals surface area contributed by atoms with E-state index >= 15 is 0 Å². The highest BCUT2D eigenvalue weighted by Crippen LogP contribution is 2.29. The molecule has 2 atom stereocenters. The van der Waals surface area contributed by atoms with Gasteiger partial charge < -0.3 is 20.9 Å². The van der Waals surface area contributed by atoms with Crippen LogP contribution in [-0.2, 0) is 4.79 Å². The SMILES string of the molecule is Cc1c(N)ncnc1N1CCC[C@@H](N2CC[C@@H](Nc3cc(Cl)cc(Cl)c3)C2=O)C1. The highest BCUT2D eigenvalue weighted by molar-refractivity contribution is 6.35. The summed E-state index contributed by atoms with van der Waals surface area (Å²) in [4.78, 5) is 25.8. The summed E-state index contributed by atoms with van der Waals surface area (Å²) < 4.78 is 0. The Morgan fingerprint density at radius 2 is 1.90 bits per heavy atom. The van der Waals surface area contributed by atoms with Crippen LogP contribution in [0.15, 0.2) is 24.5 Å². The first-order valence-corrected chi connectivity index (χ1v) is 10.5. The second-order valence-electron chi connectivity index (χ2n) is 7.62. The quantitative estimate of drug-likeness (QED) is 0.766. The van der Waals surface area contributed by atoms with Crippen molar-refractivity contribution in [1.29, 1.82) is 0 Å². The van der Waals surface area contributed by atoms with Gasteiger partial charge >= 0.3 is 0 Å². The third-order valence-electron chi connectivity index (χ3n) is 5.68. The Balaban J connectivity index is 1.45. The van der Waals surface area contributed by atoms with Gasteiger partial charge in [0, 0.05) is 47.0 Å². The Morgan fingerprint density at radius 1 is 1.14 bits per heavy atom. The van der Waals surface area contributed by atoms with Gasteiger partial charge in [-0.2, -0.15) is 0 Å². The summed E-state index contributed by atoms with van der Waals surface area (Å²) >= 11 is 12.2. The Bertz CT molecular complexity index is 904. The van der Waals surface area contributed by atoms with Crippen LogP contribution in [0.5, 0.6) is 0 Å². The smallest absolute Gasteiger partial charge is 0.245 e. The number of nitrogens with zero attached hydrogens (tertiary/aromatic N) is 4. The van der Waals surface area contributed by atoms with Crippen molar-refractivity contribution in [2.24, 2.45) is 0 Å². The summed E-state index contributed by atoms with van der Waals surface area (Å²) in [5.74, 6) is 1.47. The fraction of sp³-hybridized carbons (Fsp3) is 0.450. The van der Waals surface area contributed by atoms with Crippen LogP contribution in [0.1, 0.15) is 24.8 Å². The van der Waals surface area contributed by atoms with E-state index in [2.05, 4.69) is 20.2 Å². The van der Waals surface area contributed by atoms with E-state index in [0.29, 0.717) is 15.9 Å². The van der Waals surface area contributed by atoms with Crippen molar-refractivity contribution in [2.75, 3.05) is 35.6 Å². The minimum absolute atomic E-state index is 0.117. The van der Waals surface area contributed by atoms with E-state index in [1.807, 2.05) is 11.8 Å². The Morgan fingerprint density at radius 3 is 2.66 bits per heavy atom. The van der Waals surface area contributed by atoms with Crippen LogP contribution in [0.3, 0.4) is 0 Å². The molecule has 0 bridgehead atoms. The van der Waals surface area contributed by atoms with Gasteiger partial charge in [-0.1, -0.05) is 23.2 Å². The summed E-state index contributed by atoms with van der Waals surface area (Å²) in [5.41, 5.74) is 7.60. The molecule has 2 aromatic rings. The maximum absolute atomic E-state index is 13.1. The van der Waals surface area contributed by atoms with Crippen LogP contribution in [0.25, 0.3) is 0 Å². The van der Waals surface area contributed by atoms with Crippen LogP contribution < -0.4 is 16.0 Å². The predicted molar refractivity (Wildman–Crippen MR) is 117 cm³/mol. The van der Waals surface area contributed by atoms with E-state index < -0.39 is 0 Å². The number of carbonyl (C=O) groups excluding carboxylic acids is 1. The lowest BCUT2D eigenvalue weighted by molar-refractivity contribution is -0.130. The van der Waals surface area contributed by atoms with E-state index in [-0.39, 0.29) is 18.0 Å². The molecule has 1 aromatic heterocycles. The van der Waals surface area contributed by atoms with E-state index in [9.17, 15) is 4.79 Å². The van der Waals surface area contributed by atoms with Gasteiger partial charge in [0.25, 0.3) is 0 Å². The average molecular weight is 435 g/mol. The molecule has 9 heteroatoms. The molecule has 154 valence electrons. The molecule has 3 N–H and O–H groups in total. The average Bonchev–Trinajstić information content (AvgIpc) is 3.04. The maximum atomic E-state index is 13.1. The first-order chi connectivity index (χ1) is 13.9. The molecule has 2 fully saturated rings. The van der Waals surface area contributed by atoms with E-state index in [1.54, 1.807) is 18.2 Å². The zero-order valence-corrected chi connectivity index (χ0v) is 17.7. The number of nitrogen functional groups attached to an aromatic ring is 1. The number of benzene rings is 1. The first-order valence-electron chi connectivity index (χ1n) is 9.77. The number of hydrogen-bond acceptors (Lipinski definition) is 6. The number of piperidine rings is 1. The Hall–Kier alpha value is -2.25. The van der Waals surface area contributed by atoms with Crippen LogP contribution >= 0.6 is 23.2 Å². The molecule has 2 saturated heterocycles. The van der Waals surface area contributed by atoms with E-state index in [0.717, 1.165) is 56.0 Å². The molecule has 0 radical (unpaired) electrons. The predicted octanol–water partition coefficient (Wildman–Crippen LogP) is 3.36. The van der Waals surface area contributed by atoms with E-state index in [1.165, 1.54) is 6.33 Å². The molecule has 4 rings (SSSR count). The van der Waals surface area contributed by atoms with Crippen molar-refractivity contribution in [3.63, 3.8) is 0 Å². The molecule has 0 aliphatic carbocycles. The van der Waals surface area contributed by atoms with Gasteiger partial charge in [-0.05, 0) is 44.4 Å². The number of carbonyl (C=O) groups is 1. The summed E-state index contributed by atoms with van der Waals surface area (Å²) in [7, 11) is 0. The van der Waals surface area contributed by atoms with Crippen molar-refractivity contribution in [2.45, 2.75) is 38.3 Å². The molecule has 0 spiro atoms. The minimum Gasteiger partial charge on any atom is -0.383 e. The molecule has 2 aliphatic rings. The number of halogens is 2. The fourth-order valence-corrected chi connectivity index (χ4v) is 4.74. The third-order valence-corrected chi connectivity index (χ3v) is 6.11. The van der Waals surface area contributed by atoms with Crippen molar-refractivity contribution >= 4 is 46.4 Å². The van der Waals surface area contributed by atoms with Crippen LogP contribution in [-0.4, -0.2) is 52.5 Å². The first kappa shape index (κ1) is 20.0. The summed E-state index contributed by atoms with van der Waals surface area (Å²) in [6.45, 7) is 4.32. The van der Waals surface area contributed by atoms with Gasteiger partial charge in [0.15, 0.2) is 0 Å². The van der Waals surface area contributed by atoms with Crippen molar-refractivity contribution in [3.8, 4) is 0 Å². The molecule has 7 nitrogen and oxygen atoms in total. The number of rotatable bonds is 4. The summed E-state index contributed by atoms with van der Waals surface area (Å²) in [6.07, 6.45) is 4.23. The van der Waals surface area contributed by atoms with Gasteiger partial charge in [0.1, 0.15) is 24.0 Å². The number of aromatic nitrogens is 2. The molecule has 0 unspecified atom stereocenters. The molecule has 1 amide bonds. The van der Waals surface area contributed by atoms with Crippen molar-refractivity contribution in [3.05, 3.63) is 40.1 Å². The number of nitrogens with one attached hydrogen (secondary N) is 1. The highest BCUT2D eigenvalue weighted by Gasteiger charge is 2.38. The number of nitrogens with two attached hydrogens (primary N) is 1. The molecular weight excluding hydrogens is 411 g/mol. The second kappa shape index (κ2) is 8.24. The van der Waals surface area contributed by atoms with Crippen LogP contribution in [0.4, 0.5) is 17.3 Å². The van der Waals surface area contributed by atoms with Crippen molar-refractivity contribution < 1.29 is 4.79 Å².